The molecule has 0 saturated carbocycles. The fraction of sp³-hybridized carbons (Fsp3) is 0.294. The van der Waals surface area contributed by atoms with Crippen molar-refractivity contribution >= 4 is 39.1 Å². The zero-order valence-electron chi connectivity index (χ0n) is 14.0. The summed E-state index contributed by atoms with van der Waals surface area (Å²) in [6, 6.07) is 3.68. The third-order valence-electron chi connectivity index (χ3n) is 3.44. The second kappa shape index (κ2) is 8.14. The molecule has 2 heterocycles. The number of ketones is 1. The number of nitrogens with zero attached hydrogens (tertiary/aromatic N) is 3. The van der Waals surface area contributed by atoms with Crippen LogP contribution in [0.15, 0.2) is 39.9 Å². The van der Waals surface area contributed by atoms with Crippen molar-refractivity contribution in [3.63, 3.8) is 0 Å². The summed E-state index contributed by atoms with van der Waals surface area (Å²) in [5.74, 6) is -0.397. The van der Waals surface area contributed by atoms with E-state index in [2.05, 4.69) is 11.6 Å². The van der Waals surface area contributed by atoms with Gasteiger partial charge in [0, 0.05) is 17.1 Å². The monoisotopic (exact) mass is 374 g/mol. The molecule has 2 N–H and O–H groups in total. The number of aromatic nitrogens is 2. The first-order chi connectivity index (χ1) is 11.9. The van der Waals surface area contributed by atoms with Crippen molar-refractivity contribution in [2.75, 3.05) is 5.75 Å². The number of nitriles is 1. The lowest BCUT2D eigenvalue weighted by Crippen LogP contribution is -2.22. The molecule has 0 fully saturated rings. The molecule has 6 nitrogen and oxygen atoms in total. The van der Waals surface area contributed by atoms with Gasteiger partial charge >= 0.3 is 0 Å². The molecule has 0 atom stereocenters. The highest BCUT2D eigenvalue weighted by Crippen LogP contribution is 2.25. The Morgan fingerprint density at radius 1 is 1.60 bits per heavy atom. The number of allylic oxidation sites excluding steroid dienone is 3. The smallest absolute Gasteiger partial charge is 0.263 e. The first-order valence-corrected chi connectivity index (χ1v) is 9.39. The molecule has 2 rings (SSSR count). The van der Waals surface area contributed by atoms with Crippen LogP contribution in [0.25, 0.3) is 10.2 Å². The van der Waals surface area contributed by atoms with Gasteiger partial charge in [0.05, 0.1) is 11.1 Å². The standard InChI is InChI=1S/C17H18N4O2S2/c1-4-6-21-16(23)12-7-11(5-2)25-15(12)20-17(21)24-9-14(22)13(8-18)10(3)19/h4,7H,1,5-6,9,19H2,2-3H3/b13-10+. The van der Waals surface area contributed by atoms with E-state index in [1.807, 2.05) is 19.1 Å². The van der Waals surface area contributed by atoms with Crippen molar-refractivity contribution in [2.24, 2.45) is 5.73 Å². The molecule has 0 unspecified atom stereocenters. The molecule has 0 aliphatic carbocycles. The summed E-state index contributed by atoms with van der Waals surface area (Å²) in [6.45, 7) is 7.50. The van der Waals surface area contributed by atoms with Crippen LogP contribution in [-0.2, 0) is 17.8 Å². The van der Waals surface area contributed by atoms with Gasteiger partial charge in [0.15, 0.2) is 10.9 Å². The summed E-state index contributed by atoms with van der Waals surface area (Å²) in [6.07, 6.45) is 2.44. The van der Waals surface area contributed by atoms with E-state index >= 15 is 0 Å². The van der Waals surface area contributed by atoms with Crippen LogP contribution in [0.4, 0.5) is 0 Å². The van der Waals surface area contributed by atoms with Crippen molar-refractivity contribution in [3.05, 3.63) is 45.2 Å². The summed E-state index contributed by atoms with van der Waals surface area (Å²) in [5, 5.41) is 10.0. The molecule has 0 aliphatic rings. The van der Waals surface area contributed by atoms with Crippen LogP contribution in [0.1, 0.15) is 18.7 Å². The minimum absolute atomic E-state index is 0.0153. The minimum Gasteiger partial charge on any atom is -0.401 e. The van der Waals surface area contributed by atoms with Gasteiger partial charge in [0.2, 0.25) is 0 Å². The van der Waals surface area contributed by atoms with E-state index in [1.54, 1.807) is 6.08 Å². The van der Waals surface area contributed by atoms with Crippen molar-refractivity contribution in [1.29, 1.82) is 5.26 Å². The number of aryl methyl sites for hydroxylation is 1. The molecular formula is C17H18N4O2S2. The van der Waals surface area contributed by atoms with E-state index in [0.717, 1.165) is 23.1 Å². The van der Waals surface area contributed by atoms with Gasteiger partial charge in [0.1, 0.15) is 16.5 Å². The van der Waals surface area contributed by atoms with Crippen LogP contribution in [0.3, 0.4) is 0 Å². The Bertz CT molecular complexity index is 959. The summed E-state index contributed by atoms with van der Waals surface area (Å²) >= 11 is 2.59. The number of carbonyl (C=O) groups is 1. The number of fused-ring (bicyclic) bond motifs is 1. The summed E-state index contributed by atoms with van der Waals surface area (Å²) in [4.78, 5) is 31.1. The first-order valence-electron chi connectivity index (χ1n) is 7.59. The fourth-order valence-corrected chi connectivity index (χ4v) is 4.08. The van der Waals surface area contributed by atoms with Crippen LogP contribution in [0.2, 0.25) is 0 Å². The number of thiophene rings is 1. The van der Waals surface area contributed by atoms with Crippen LogP contribution < -0.4 is 11.3 Å². The molecule has 0 aliphatic heterocycles. The number of nitrogens with two attached hydrogens (primary N) is 1. The maximum Gasteiger partial charge on any atom is 0.263 e. The Labute approximate surface area is 153 Å². The molecule has 25 heavy (non-hydrogen) atoms. The van der Waals surface area contributed by atoms with E-state index in [-0.39, 0.29) is 28.4 Å². The van der Waals surface area contributed by atoms with E-state index in [1.165, 1.54) is 22.8 Å². The van der Waals surface area contributed by atoms with Gasteiger partial charge < -0.3 is 5.73 Å². The lowest BCUT2D eigenvalue weighted by atomic mass is 10.2. The number of Topliss-reactive ketones (excluding diaryl/α,β-unsaturated/α-hetero) is 1. The molecular weight excluding hydrogens is 356 g/mol. The summed E-state index contributed by atoms with van der Waals surface area (Å²) in [7, 11) is 0. The van der Waals surface area contributed by atoms with Gasteiger partial charge in [-0.1, -0.05) is 24.8 Å². The Kier molecular flexibility index (Phi) is 6.17. The Morgan fingerprint density at radius 3 is 2.88 bits per heavy atom. The molecule has 0 spiro atoms. The number of thioether (sulfide) groups is 1. The van der Waals surface area contributed by atoms with E-state index in [9.17, 15) is 9.59 Å². The highest BCUT2D eigenvalue weighted by molar-refractivity contribution is 7.99. The predicted molar refractivity (Wildman–Crippen MR) is 102 cm³/mol. The van der Waals surface area contributed by atoms with Gasteiger partial charge in [-0.15, -0.1) is 17.9 Å². The molecule has 0 amide bonds. The quantitative estimate of drug-likeness (QED) is 0.263. The molecule has 8 heteroatoms. The molecule has 0 aromatic carbocycles. The topological polar surface area (TPSA) is 102 Å². The van der Waals surface area contributed by atoms with Crippen LogP contribution in [0.5, 0.6) is 0 Å². The average molecular weight is 374 g/mol. The molecule has 0 saturated heterocycles. The normalized spacial score (nSPS) is 11.9. The Hall–Kier alpha value is -2.37. The van der Waals surface area contributed by atoms with Gasteiger partial charge in [0.25, 0.3) is 5.56 Å². The maximum absolute atomic E-state index is 12.7. The van der Waals surface area contributed by atoms with Crippen molar-refractivity contribution in [1.82, 2.24) is 9.55 Å². The van der Waals surface area contributed by atoms with E-state index in [0.29, 0.717) is 21.9 Å². The lowest BCUT2D eigenvalue weighted by molar-refractivity contribution is -0.112. The number of carbonyl (C=O) groups excluding carboxylic acids is 1. The number of rotatable bonds is 7. The molecule has 130 valence electrons. The molecule has 0 bridgehead atoms. The fourth-order valence-electron chi connectivity index (χ4n) is 2.19. The second-order valence-corrected chi connectivity index (χ2v) is 7.32. The largest absolute Gasteiger partial charge is 0.401 e. The zero-order chi connectivity index (χ0) is 18.6. The van der Waals surface area contributed by atoms with Crippen molar-refractivity contribution in [2.45, 2.75) is 32.0 Å². The van der Waals surface area contributed by atoms with Gasteiger partial charge in [-0.05, 0) is 19.4 Å². The SMILES string of the molecule is C=CCn1c(SCC(=O)/C(C#N)=C(\C)N)nc2sc(CC)cc2c1=O. The molecule has 2 aromatic rings. The Morgan fingerprint density at radius 2 is 2.32 bits per heavy atom. The lowest BCUT2D eigenvalue weighted by Gasteiger charge is -2.09. The van der Waals surface area contributed by atoms with Gasteiger partial charge in [-0.3, -0.25) is 14.2 Å². The first kappa shape index (κ1) is 19.0. The summed E-state index contributed by atoms with van der Waals surface area (Å²) in [5.41, 5.74) is 5.53. The third-order valence-corrected chi connectivity index (χ3v) is 5.59. The second-order valence-electron chi connectivity index (χ2n) is 5.27. The van der Waals surface area contributed by atoms with E-state index in [4.69, 9.17) is 11.0 Å². The van der Waals surface area contributed by atoms with Gasteiger partial charge in [-0.25, -0.2) is 4.98 Å². The highest BCUT2D eigenvalue weighted by Gasteiger charge is 2.17. The number of hydrogen-bond acceptors (Lipinski definition) is 7. The Balaban J connectivity index is 2.43. The van der Waals surface area contributed by atoms with Crippen LogP contribution in [-0.4, -0.2) is 21.1 Å². The summed E-state index contributed by atoms with van der Waals surface area (Å²) < 4.78 is 1.49. The molecule has 2 aromatic heterocycles. The van der Waals surface area contributed by atoms with Crippen molar-refractivity contribution in [3.8, 4) is 6.07 Å². The number of hydrogen-bond donors (Lipinski definition) is 1. The maximum atomic E-state index is 12.7. The average Bonchev–Trinajstić information content (AvgIpc) is 2.99. The van der Waals surface area contributed by atoms with Crippen LogP contribution >= 0.6 is 23.1 Å². The highest BCUT2D eigenvalue weighted by atomic mass is 32.2. The third kappa shape index (κ3) is 4.00. The minimum atomic E-state index is -0.382. The van der Waals surface area contributed by atoms with Crippen LogP contribution in [0, 0.1) is 11.3 Å². The van der Waals surface area contributed by atoms with Crippen molar-refractivity contribution < 1.29 is 4.79 Å². The molecule has 0 radical (unpaired) electrons. The zero-order valence-corrected chi connectivity index (χ0v) is 15.7. The predicted octanol–water partition coefficient (Wildman–Crippen LogP) is 2.62. The van der Waals surface area contributed by atoms with E-state index < -0.39 is 0 Å². The van der Waals surface area contributed by atoms with Gasteiger partial charge in [-0.2, -0.15) is 5.26 Å².